The molecule has 0 aliphatic carbocycles. The van der Waals surface area contributed by atoms with Crippen molar-refractivity contribution in [1.29, 1.82) is 0 Å². The first kappa shape index (κ1) is 17.7. The van der Waals surface area contributed by atoms with Gasteiger partial charge < -0.3 is 15.4 Å². The number of nitrogens with two attached hydrogens (primary N) is 1. The molecule has 2 N–H and O–H groups in total. The van der Waals surface area contributed by atoms with E-state index in [0.29, 0.717) is 44.1 Å². The third kappa shape index (κ3) is 4.21. The molecule has 0 unspecified atom stereocenters. The van der Waals surface area contributed by atoms with E-state index in [1.165, 1.54) is 10.4 Å². The number of primary amides is 1. The maximum absolute atomic E-state index is 12.9. The second-order valence-corrected chi connectivity index (χ2v) is 7.47. The van der Waals surface area contributed by atoms with Crippen LogP contribution in [0, 0.1) is 0 Å². The van der Waals surface area contributed by atoms with Crippen LogP contribution in [0.15, 0.2) is 23.1 Å². The summed E-state index contributed by atoms with van der Waals surface area (Å²) in [6.45, 7) is 4.40. The molecule has 1 heterocycles. The molecule has 0 atom stereocenters. The summed E-state index contributed by atoms with van der Waals surface area (Å²) in [6.07, 6.45) is -0.00232. The molecule has 23 heavy (non-hydrogen) atoms. The minimum atomic E-state index is -3.67. The number of benzene rings is 1. The Bertz CT molecular complexity index is 667. The molecule has 1 saturated heterocycles. The van der Waals surface area contributed by atoms with Crippen molar-refractivity contribution >= 4 is 15.9 Å². The van der Waals surface area contributed by atoms with Gasteiger partial charge in [0.2, 0.25) is 15.9 Å². The van der Waals surface area contributed by atoms with Crippen molar-refractivity contribution in [1.82, 2.24) is 9.21 Å². The molecule has 1 aliphatic rings. The summed E-state index contributed by atoms with van der Waals surface area (Å²) in [5.41, 5.74) is 5.77. The second kappa shape index (κ2) is 7.29. The molecule has 1 aromatic carbocycles. The zero-order valence-corrected chi connectivity index (χ0v) is 14.3. The first-order chi connectivity index (χ1) is 10.8. The number of rotatable bonds is 6. The van der Waals surface area contributed by atoms with E-state index in [-0.39, 0.29) is 11.3 Å². The molecule has 2 rings (SSSR count). The third-order valence-electron chi connectivity index (χ3n) is 3.77. The smallest absolute Gasteiger partial charge is 0.246 e. The number of carbonyl (C=O) groups is 1. The molecule has 0 radical (unpaired) electrons. The van der Waals surface area contributed by atoms with Crippen LogP contribution in [0.2, 0.25) is 0 Å². The lowest BCUT2D eigenvalue weighted by atomic mass is 10.1. The van der Waals surface area contributed by atoms with Gasteiger partial charge >= 0.3 is 0 Å². The van der Waals surface area contributed by atoms with Gasteiger partial charge in [0, 0.05) is 26.2 Å². The topological polar surface area (TPSA) is 92.9 Å². The average molecular weight is 341 g/mol. The zero-order chi connectivity index (χ0) is 17.0. The van der Waals surface area contributed by atoms with Gasteiger partial charge in [-0.05, 0) is 31.7 Å². The minimum Gasteiger partial charge on any atom is -0.492 e. The molecule has 1 amide bonds. The zero-order valence-electron chi connectivity index (χ0n) is 13.5. The van der Waals surface area contributed by atoms with Crippen molar-refractivity contribution < 1.29 is 17.9 Å². The lowest BCUT2D eigenvalue weighted by Gasteiger charge is -2.32. The standard InChI is InChI=1S/C15H23N3O4S/c1-3-22-13-5-4-12(11-15(16)19)10-14(13)23(20,21)18-8-6-17(2)7-9-18/h4-5,10H,3,6-9,11H2,1-2H3,(H2,16,19). The molecular weight excluding hydrogens is 318 g/mol. The first-order valence-corrected chi connectivity index (χ1v) is 9.01. The van der Waals surface area contributed by atoms with E-state index >= 15 is 0 Å². The van der Waals surface area contributed by atoms with Gasteiger partial charge in [0.05, 0.1) is 13.0 Å². The molecule has 7 nitrogen and oxygen atoms in total. The van der Waals surface area contributed by atoms with Crippen molar-refractivity contribution in [3.63, 3.8) is 0 Å². The van der Waals surface area contributed by atoms with Crippen LogP contribution >= 0.6 is 0 Å². The summed E-state index contributed by atoms with van der Waals surface area (Å²) >= 11 is 0. The Balaban J connectivity index is 2.39. The van der Waals surface area contributed by atoms with Gasteiger partial charge in [-0.15, -0.1) is 0 Å². The SMILES string of the molecule is CCOc1ccc(CC(N)=O)cc1S(=O)(=O)N1CCN(C)CC1. The van der Waals surface area contributed by atoms with E-state index in [9.17, 15) is 13.2 Å². The predicted octanol–water partition coefficient (Wildman–Crippen LogP) is 0.0492. The Morgan fingerprint density at radius 2 is 1.91 bits per heavy atom. The lowest BCUT2D eigenvalue weighted by Crippen LogP contribution is -2.47. The summed E-state index contributed by atoms with van der Waals surface area (Å²) in [6, 6.07) is 4.74. The van der Waals surface area contributed by atoms with E-state index in [4.69, 9.17) is 10.5 Å². The van der Waals surface area contributed by atoms with E-state index in [0.717, 1.165) is 0 Å². The maximum Gasteiger partial charge on any atom is 0.246 e. The van der Waals surface area contributed by atoms with Crippen LogP contribution in [0.25, 0.3) is 0 Å². The number of nitrogens with zero attached hydrogens (tertiary/aromatic N) is 2. The van der Waals surface area contributed by atoms with E-state index < -0.39 is 15.9 Å². The van der Waals surface area contributed by atoms with E-state index in [2.05, 4.69) is 4.90 Å². The van der Waals surface area contributed by atoms with E-state index in [1.54, 1.807) is 19.1 Å². The number of amides is 1. The Labute approximate surface area is 137 Å². The fraction of sp³-hybridized carbons (Fsp3) is 0.533. The van der Waals surface area contributed by atoms with Gasteiger partial charge in [-0.25, -0.2) is 8.42 Å². The quantitative estimate of drug-likeness (QED) is 0.789. The highest BCUT2D eigenvalue weighted by atomic mass is 32.2. The lowest BCUT2D eigenvalue weighted by molar-refractivity contribution is -0.117. The van der Waals surface area contributed by atoms with Crippen molar-refractivity contribution in [2.75, 3.05) is 39.8 Å². The molecule has 1 fully saturated rings. The van der Waals surface area contributed by atoms with Gasteiger partial charge in [0.1, 0.15) is 10.6 Å². The van der Waals surface area contributed by atoms with Crippen molar-refractivity contribution in [3.05, 3.63) is 23.8 Å². The molecule has 1 aliphatic heterocycles. The summed E-state index contributed by atoms with van der Waals surface area (Å²) in [5.74, 6) is -0.197. The number of likely N-dealkylation sites (N-methyl/N-ethyl adjacent to an activating group) is 1. The Morgan fingerprint density at radius 1 is 1.26 bits per heavy atom. The van der Waals surface area contributed by atoms with Crippen LogP contribution in [0.3, 0.4) is 0 Å². The fourth-order valence-electron chi connectivity index (χ4n) is 2.51. The molecule has 128 valence electrons. The Hall–Kier alpha value is -1.64. The summed E-state index contributed by atoms with van der Waals surface area (Å²) < 4.78 is 32.8. The van der Waals surface area contributed by atoms with Crippen molar-refractivity contribution in [3.8, 4) is 5.75 Å². The highest BCUT2D eigenvalue weighted by molar-refractivity contribution is 7.89. The van der Waals surface area contributed by atoms with Gasteiger partial charge in [0.25, 0.3) is 0 Å². The van der Waals surface area contributed by atoms with Crippen molar-refractivity contribution in [2.24, 2.45) is 5.73 Å². The summed E-state index contributed by atoms with van der Waals surface area (Å²) in [5, 5.41) is 0. The minimum absolute atomic E-state index is 0.00232. The van der Waals surface area contributed by atoms with E-state index in [1.807, 2.05) is 7.05 Å². The number of hydrogen-bond donors (Lipinski definition) is 1. The second-order valence-electron chi connectivity index (χ2n) is 5.56. The molecule has 0 saturated carbocycles. The highest BCUT2D eigenvalue weighted by Gasteiger charge is 2.30. The van der Waals surface area contributed by atoms with Crippen molar-refractivity contribution in [2.45, 2.75) is 18.2 Å². The van der Waals surface area contributed by atoms with Crippen LogP contribution in [0.1, 0.15) is 12.5 Å². The Morgan fingerprint density at radius 3 is 2.48 bits per heavy atom. The predicted molar refractivity (Wildman–Crippen MR) is 86.8 cm³/mol. The average Bonchev–Trinajstić information content (AvgIpc) is 2.49. The molecule has 0 aromatic heterocycles. The highest BCUT2D eigenvalue weighted by Crippen LogP contribution is 2.29. The maximum atomic E-state index is 12.9. The summed E-state index contributed by atoms with van der Waals surface area (Å²) in [4.78, 5) is 13.3. The molecule has 8 heteroatoms. The van der Waals surface area contributed by atoms with Gasteiger partial charge in [-0.1, -0.05) is 6.07 Å². The Kier molecular flexibility index (Phi) is 5.61. The molecule has 0 bridgehead atoms. The van der Waals surface area contributed by atoms with Gasteiger partial charge in [-0.2, -0.15) is 4.31 Å². The number of hydrogen-bond acceptors (Lipinski definition) is 5. The van der Waals surface area contributed by atoms with Crippen LogP contribution < -0.4 is 10.5 Å². The van der Waals surface area contributed by atoms with Gasteiger partial charge in [-0.3, -0.25) is 4.79 Å². The monoisotopic (exact) mass is 341 g/mol. The van der Waals surface area contributed by atoms with Crippen LogP contribution in [0.4, 0.5) is 0 Å². The van der Waals surface area contributed by atoms with Gasteiger partial charge in [0.15, 0.2) is 0 Å². The molecule has 0 spiro atoms. The third-order valence-corrected chi connectivity index (χ3v) is 5.69. The number of piperazine rings is 1. The number of sulfonamides is 1. The molecular formula is C15H23N3O4S. The van der Waals surface area contributed by atoms with Crippen LogP contribution in [-0.4, -0.2) is 63.4 Å². The molecule has 1 aromatic rings. The summed E-state index contributed by atoms with van der Waals surface area (Å²) in [7, 11) is -1.71. The largest absolute Gasteiger partial charge is 0.492 e. The first-order valence-electron chi connectivity index (χ1n) is 7.57. The van der Waals surface area contributed by atoms with Crippen LogP contribution in [-0.2, 0) is 21.2 Å². The normalized spacial score (nSPS) is 17.1. The number of carbonyl (C=O) groups excluding carboxylic acids is 1. The fourth-order valence-corrected chi connectivity index (χ4v) is 4.11. The number of ether oxygens (including phenoxy) is 1. The van der Waals surface area contributed by atoms with Crippen LogP contribution in [0.5, 0.6) is 5.75 Å².